The average molecular weight is 359 g/mol. The zero-order valence-electron chi connectivity index (χ0n) is 10.1. The van der Waals surface area contributed by atoms with E-state index in [9.17, 15) is 14.3 Å². The molecule has 0 radical (unpaired) electrons. The normalized spacial score (nSPS) is 11.9. The summed E-state index contributed by atoms with van der Waals surface area (Å²) >= 11 is 9.06. The summed E-state index contributed by atoms with van der Waals surface area (Å²) in [4.78, 5) is 11.4. The molecular formula is C14H10BrClFNO2. The molecular weight excluding hydrogens is 349 g/mol. The molecule has 104 valence electrons. The third-order valence-electron chi connectivity index (χ3n) is 2.60. The first kappa shape index (κ1) is 14.8. The van der Waals surface area contributed by atoms with Crippen LogP contribution in [-0.2, 0) is 4.79 Å². The van der Waals surface area contributed by atoms with Crippen molar-refractivity contribution in [3.63, 3.8) is 0 Å². The van der Waals surface area contributed by atoms with Crippen LogP contribution in [-0.4, -0.2) is 11.1 Å². The van der Waals surface area contributed by atoms with Crippen molar-refractivity contribution in [2.75, 3.05) is 5.32 Å². The lowest BCUT2D eigenvalue weighted by Gasteiger charge is -2.16. The van der Waals surface area contributed by atoms with Gasteiger partial charge in [-0.3, -0.25) is 0 Å². The van der Waals surface area contributed by atoms with Crippen molar-refractivity contribution in [3.05, 3.63) is 63.3 Å². The summed E-state index contributed by atoms with van der Waals surface area (Å²) in [5, 5.41) is 12.3. The summed E-state index contributed by atoms with van der Waals surface area (Å²) in [5.74, 6) is -1.69. The van der Waals surface area contributed by atoms with Gasteiger partial charge in [0, 0.05) is 15.2 Å². The lowest BCUT2D eigenvalue weighted by molar-refractivity contribution is -0.138. The van der Waals surface area contributed by atoms with Gasteiger partial charge in [-0.1, -0.05) is 33.6 Å². The Morgan fingerprint density at radius 1 is 1.30 bits per heavy atom. The van der Waals surface area contributed by atoms with Crippen molar-refractivity contribution in [2.45, 2.75) is 6.04 Å². The predicted molar refractivity (Wildman–Crippen MR) is 79.6 cm³/mol. The topological polar surface area (TPSA) is 49.3 Å². The number of hydrogen-bond donors (Lipinski definition) is 2. The van der Waals surface area contributed by atoms with Gasteiger partial charge in [0.05, 0.1) is 0 Å². The highest BCUT2D eigenvalue weighted by molar-refractivity contribution is 9.10. The van der Waals surface area contributed by atoms with Gasteiger partial charge in [-0.15, -0.1) is 0 Å². The molecule has 0 amide bonds. The van der Waals surface area contributed by atoms with Gasteiger partial charge in [0.1, 0.15) is 5.82 Å². The molecule has 0 bridgehead atoms. The number of carboxylic acid groups (broad SMARTS) is 1. The summed E-state index contributed by atoms with van der Waals surface area (Å²) in [7, 11) is 0. The van der Waals surface area contributed by atoms with Crippen LogP contribution in [0.4, 0.5) is 10.1 Å². The molecule has 0 spiro atoms. The molecule has 6 heteroatoms. The van der Waals surface area contributed by atoms with E-state index < -0.39 is 17.8 Å². The molecule has 0 heterocycles. The number of nitrogens with one attached hydrogen (secondary N) is 1. The average Bonchev–Trinajstić information content (AvgIpc) is 2.34. The molecule has 1 atom stereocenters. The second-order valence-corrected chi connectivity index (χ2v) is 5.48. The molecule has 2 aromatic carbocycles. The lowest BCUT2D eigenvalue weighted by atomic mass is 10.1. The third-order valence-corrected chi connectivity index (χ3v) is 3.31. The standard InChI is InChI=1S/C14H10BrClFNO2/c15-9-2-1-3-12(6-9)18-13(14(19)20)8-4-10(16)7-11(17)5-8/h1-7,13,18H,(H,19,20). The molecule has 0 saturated carbocycles. The Hall–Kier alpha value is -1.59. The van der Waals surface area contributed by atoms with E-state index in [1.54, 1.807) is 18.2 Å². The Kier molecular flexibility index (Phi) is 4.62. The minimum absolute atomic E-state index is 0.155. The third kappa shape index (κ3) is 3.71. The Morgan fingerprint density at radius 2 is 2.05 bits per heavy atom. The Labute approximate surface area is 128 Å². The summed E-state index contributed by atoms with van der Waals surface area (Å²) in [6.45, 7) is 0. The number of aliphatic carboxylic acids is 1. The molecule has 0 aliphatic rings. The fourth-order valence-corrected chi connectivity index (χ4v) is 2.40. The summed E-state index contributed by atoms with van der Waals surface area (Å²) in [6.07, 6.45) is 0. The van der Waals surface area contributed by atoms with Crippen molar-refractivity contribution in [1.82, 2.24) is 0 Å². The maximum atomic E-state index is 13.3. The minimum Gasteiger partial charge on any atom is -0.479 e. The molecule has 2 aromatic rings. The first-order chi connectivity index (χ1) is 9.45. The van der Waals surface area contributed by atoms with Crippen molar-refractivity contribution in [3.8, 4) is 0 Å². The number of halogens is 3. The maximum absolute atomic E-state index is 13.3. The maximum Gasteiger partial charge on any atom is 0.330 e. The number of benzene rings is 2. The van der Waals surface area contributed by atoms with Crippen LogP contribution in [0.15, 0.2) is 46.9 Å². The van der Waals surface area contributed by atoms with Gasteiger partial charge < -0.3 is 10.4 Å². The van der Waals surface area contributed by atoms with E-state index in [4.69, 9.17) is 11.6 Å². The van der Waals surface area contributed by atoms with Crippen LogP contribution in [0.3, 0.4) is 0 Å². The van der Waals surface area contributed by atoms with Crippen LogP contribution in [0.25, 0.3) is 0 Å². The highest BCUT2D eigenvalue weighted by atomic mass is 79.9. The van der Waals surface area contributed by atoms with E-state index in [-0.39, 0.29) is 10.6 Å². The smallest absolute Gasteiger partial charge is 0.330 e. The van der Waals surface area contributed by atoms with Gasteiger partial charge in [-0.2, -0.15) is 0 Å². The molecule has 3 nitrogen and oxygen atoms in total. The Balaban J connectivity index is 2.34. The molecule has 0 aliphatic heterocycles. The number of hydrogen-bond acceptors (Lipinski definition) is 2. The fourth-order valence-electron chi connectivity index (χ4n) is 1.77. The molecule has 0 aliphatic carbocycles. The zero-order chi connectivity index (χ0) is 14.7. The van der Waals surface area contributed by atoms with Crippen molar-refractivity contribution in [2.24, 2.45) is 0 Å². The lowest BCUT2D eigenvalue weighted by Crippen LogP contribution is -2.20. The van der Waals surface area contributed by atoms with Gasteiger partial charge in [0.15, 0.2) is 6.04 Å². The Morgan fingerprint density at radius 3 is 2.65 bits per heavy atom. The van der Waals surface area contributed by atoms with Crippen LogP contribution >= 0.6 is 27.5 Å². The van der Waals surface area contributed by atoms with Gasteiger partial charge >= 0.3 is 5.97 Å². The largest absolute Gasteiger partial charge is 0.479 e. The predicted octanol–water partition coefficient (Wildman–Crippen LogP) is 4.48. The van der Waals surface area contributed by atoms with Crippen LogP contribution in [0.5, 0.6) is 0 Å². The van der Waals surface area contributed by atoms with E-state index >= 15 is 0 Å². The minimum atomic E-state index is -1.12. The molecule has 0 aromatic heterocycles. The van der Waals surface area contributed by atoms with Crippen LogP contribution < -0.4 is 5.32 Å². The Bertz CT molecular complexity index is 631. The van der Waals surface area contributed by atoms with Crippen LogP contribution in [0.1, 0.15) is 11.6 Å². The monoisotopic (exact) mass is 357 g/mol. The van der Waals surface area contributed by atoms with Crippen molar-refractivity contribution >= 4 is 39.2 Å². The summed E-state index contributed by atoms with van der Waals surface area (Å²) in [5.41, 5.74) is 0.856. The highest BCUT2D eigenvalue weighted by Crippen LogP contribution is 2.25. The van der Waals surface area contributed by atoms with Gasteiger partial charge in [-0.25, -0.2) is 9.18 Å². The van der Waals surface area contributed by atoms with E-state index in [2.05, 4.69) is 21.2 Å². The number of rotatable bonds is 4. The quantitative estimate of drug-likeness (QED) is 0.847. The molecule has 20 heavy (non-hydrogen) atoms. The first-order valence-electron chi connectivity index (χ1n) is 5.66. The summed E-state index contributed by atoms with van der Waals surface area (Å²) in [6, 6.07) is 9.66. The molecule has 2 rings (SSSR count). The van der Waals surface area contributed by atoms with Gasteiger partial charge in [0.25, 0.3) is 0 Å². The fraction of sp³-hybridized carbons (Fsp3) is 0.0714. The molecule has 2 N–H and O–H groups in total. The second-order valence-electron chi connectivity index (χ2n) is 4.13. The van der Waals surface area contributed by atoms with Crippen molar-refractivity contribution < 1.29 is 14.3 Å². The van der Waals surface area contributed by atoms with Gasteiger partial charge in [0.2, 0.25) is 0 Å². The van der Waals surface area contributed by atoms with Crippen LogP contribution in [0.2, 0.25) is 5.02 Å². The molecule has 0 saturated heterocycles. The van der Waals surface area contributed by atoms with E-state index in [1.807, 2.05) is 6.07 Å². The van der Waals surface area contributed by atoms with E-state index in [0.29, 0.717) is 5.69 Å². The van der Waals surface area contributed by atoms with Crippen molar-refractivity contribution in [1.29, 1.82) is 0 Å². The first-order valence-corrected chi connectivity index (χ1v) is 6.84. The highest BCUT2D eigenvalue weighted by Gasteiger charge is 2.21. The number of anilines is 1. The second kappa shape index (κ2) is 6.24. The SMILES string of the molecule is O=C(O)C(Nc1cccc(Br)c1)c1cc(F)cc(Cl)c1. The van der Waals surface area contributed by atoms with E-state index in [1.165, 1.54) is 6.07 Å². The van der Waals surface area contributed by atoms with Crippen LogP contribution in [0, 0.1) is 5.82 Å². The molecule has 1 unspecified atom stereocenters. The number of carboxylic acids is 1. The summed E-state index contributed by atoms with van der Waals surface area (Å²) < 4.78 is 14.2. The molecule has 0 fully saturated rings. The zero-order valence-corrected chi connectivity index (χ0v) is 12.5. The van der Waals surface area contributed by atoms with Gasteiger partial charge in [-0.05, 0) is 42.0 Å². The number of carbonyl (C=O) groups is 1. The van der Waals surface area contributed by atoms with E-state index in [0.717, 1.165) is 16.6 Å².